The van der Waals surface area contributed by atoms with Crippen LogP contribution < -0.4 is 11.2 Å². The van der Waals surface area contributed by atoms with Gasteiger partial charge in [0.2, 0.25) is 0 Å². The van der Waals surface area contributed by atoms with Gasteiger partial charge in [-0.25, -0.2) is 0 Å². The number of hydrogen-bond acceptors (Lipinski definition) is 5. The molecule has 3 N–H and O–H groups in total. The quantitative estimate of drug-likeness (QED) is 0.316. The summed E-state index contributed by atoms with van der Waals surface area (Å²) in [4.78, 5) is 24.6. The Morgan fingerprint density at radius 3 is 2.53 bits per heavy atom. The Morgan fingerprint density at radius 1 is 1.20 bits per heavy atom. The summed E-state index contributed by atoms with van der Waals surface area (Å²) in [5, 5.41) is 2.99. The molecule has 88 valence electrons. The van der Waals surface area contributed by atoms with Gasteiger partial charge in [-0.1, -0.05) is 19.3 Å². The van der Waals surface area contributed by atoms with Crippen LogP contribution in [0.4, 0.5) is 0 Å². The summed E-state index contributed by atoms with van der Waals surface area (Å²) in [6.45, 7) is 1.31. The van der Waals surface area contributed by atoms with E-state index in [2.05, 4.69) is 10.2 Å². The fraction of sp³-hybridized carbons (Fsp3) is 0.800. The topological polar surface area (TPSA) is 81.4 Å². The molecular formula is C10H20N2O3. The smallest absolute Gasteiger partial charge is 0.324 e. The van der Waals surface area contributed by atoms with Gasteiger partial charge in [0.25, 0.3) is 0 Å². The van der Waals surface area contributed by atoms with Crippen LogP contribution in [0.15, 0.2) is 0 Å². The molecule has 0 rings (SSSR count). The van der Waals surface area contributed by atoms with Crippen molar-refractivity contribution in [2.45, 2.75) is 38.5 Å². The maximum Gasteiger partial charge on any atom is 0.324 e. The highest BCUT2D eigenvalue weighted by atomic mass is 16.7. The molecule has 0 radical (unpaired) electrons. The lowest BCUT2D eigenvalue weighted by Crippen LogP contribution is -2.17. The fourth-order valence-corrected chi connectivity index (χ4v) is 1.27. The first-order chi connectivity index (χ1) is 7.31. The molecule has 0 unspecified atom stereocenters. The zero-order valence-electron chi connectivity index (χ0n) is 9.04. The average molecular weight is 216 g/mol. The summed E-state index contributed by atoms with van der Waals surface area (Å²) in [7, 11) is 0. The van der Waals surface area contributed by atoms with Crippen molar-refractivity contribution in [2.75, 3.05) is 13.1 Å². The van der Waals surface area contributed by atoms with Gasteiger partial charge in [0.15, 0.2) is 0 Å². The standard InChI is InChI=1S/C10H20N2O3/c11-15-10(14)6-4-2-1-3-5-7-12-8-9-13/h9,12H,1-8,11H2. The Balaban J connectivity index is 2.98. The lowest BCUT2D eigenvalue weighted by Gasteiger charge is -2.01. The van der Waals surface area contributed by atoms with Gasteiger partial charge in [0.1, 0.15) is 6.29 Å². The van der Waals surface area contributed by atoms with Gasteiger partial charge in [-0.05, 0) is 19.4 Å². The van der Waals surface area contributed by atoms with Crippen LogP contribution >= 0.6 is 0 Å². The summed E-state index contributed by atoms with van der Waals surface area (Å²) < 4.78 is 0. The Labute approximate surface area is 90.3 Å². The van der Waals surface area contributed by atoms with Crippen molar-refractivity contribution in [3.63, 3.8) is 0 Å². The minimum atomic E-state index is -0.345. The highest BCUT2D eigenvalue weighted by Crippen LogP contribution is 2.05. The van der Waals surface area contributed by atoms with Crippen LogP contribution in [0.1, 0.15) is 38.5 Å². The summed E-state index contributed by atoms with van der Waals surface area (Å²) in [5.41, 5.74) is 0. The first-order valence-corrected chi connectivity index (χ1v) is 5.35. The Hall–Kier alpha value is -0.940. The average Bonchev–Trinajstić information content (AvgIpc) is 2.26. The predicted molar refractivity (Wildman–Crippen MR) is 56.9 cm³/mol. The Morgan fingerprint density at radius 2 is 1.87 bits per heavy atom. The molecule has 0 aliphatic rings. The van der Waals surface area contributed by atoms with Crippen LogP contribution in [0.2, 0.25) is 0 Å². The van der Waals surface area contributed by atoms with Crippen LogP contribution in [-0.4, -0.2) is 25.3 Å². The van der Waals surface area contributed by atoms with E-state index in [0.29, 0.717) is 13.0 Å². The van der Waals surface area contributed by atoms with Crippen molar-refractivity contribution >= 4 is 12.3 Å². The van der Waals surface area contributed by atoms with Crippen molar-refractivity contribution in [1.82, 2.24) is 5.32 Å². The van der Waals surface area contributed by atoms with Gasteiger partial charge in [-0.2, -0.15) is 5.90 Å². The summed E-state index contributed by atoms with van der Waals surface area (Å²) >= 11 is 0. The molecule has 0 aliphatic heterocycles. The van der Waals surface area contributed by atoms with Gasteiger partial charge in [0.05, 0.1) is 6.54 Å². The molecule has 0 bridgehead atoms. The van der Waals surface area contributed by atoms with Gasteiger partial charge >= 0.3 is 5.97 Å². The zero-order valence-corrected chi connectivity index (χ0v) is 9.04. The molecule has 5 nitrogen and oxygen atoms in total. The maximum absolute atomic E-state index is 10.6. The van der Waals surface area contributed by atoms with E-state index in [1.807, 2.05) is 0 Å². The number of nitrogens with one attached hydrogen (secondary N) is 1. The molecule has 0 aromatic rings. The van der Waals surface area contributed by atoms with E-state index in [9.17, 15) is 9.59 Å². The second kappa shape index (κ2) is 11.1. The molecule has 5 heteroatoms. The lowest BCUT2D eigenvalue weighted by molar-refractivity contribution is -0.144. The van der Waals surface area contributed by atoms with E-state index in [1.54, 1.807) is 0 Å². The van der Waals surface area contributed by atoms with Crippen LogP contribution in [0.3, 0.4) is 0 Å². The number of nitrogens with two attached hydrogens (primary N) is 1. The van der Waals surface area contributed by atoms with E-state index in [0.717, 1.165) is 44.9 Å². The van der Waals surface area contributed by atoms with Crippen molar-refractivity contribution in [1.29, 1.82) is 0 Å². The molecule has 0 spiro atoms. The van der Waals surface area contributed by atoms with Crippen molar-refractivity contribution in [3.8, 4) is 0 Å². The van der Waals surface area contributed by atoms with Crippen LogP contribution in [-0.2, 0) is 14.4 Å². The van der Waals surface area contributed by atoms with Gasteiger partial charge < -0.3 is 14.9 Å². The van der Waals surface area contributed by atoms with Gasteiger partial charge in [0, 0.05) is 6.42 Å². The van der Waals surface area contributed by atoms with E-state index in [1.165, 1.54) is 0 Å². The monoisotopic (exact) mass is 216 g/mol. The highest BCUT2D eigenvalue weighted by molar-refractivity contribution is 5.68. The third-order valence-corrected chi connectivity index (χ3v) is 2.09. The third kappa shape index (κ3) is 11.0. The van der Waals surface area contributed by atoms with Crippen LogP contribution in [0.5, 0.6) is 0 Å². The third-order valence-electron chi connectivity index (χ3n) is 2.09. The van der Waals surface area contributed by atoms with Gasteiger partial charge in [-0.15, -0.1) is 0 Å². The second-order valence-electron chi connectivity index (χ2n) is 3.38. The van der Waals surface area contributed by atoms with Crippen molar-refractivity contribution in [3.05, 3.63) is 0 Å². The molecule has 0 saturated heterocycles. The molecule has 0 saturated carbocycles. The zero-order chi connectivity index (χ0) is 11.4. The summed E-state index contributed by atoms with van der Waals surface area (Å²) in [6, 6.07) is 0. The minimum Gasteiger partial charge on any atom is -0.373 e. The molecule has 0 aromatic heterocycles. The number of rotatable bonds is 10. The van der Waals surface area contributed by atoms with E-state index < -0.39 is 0 Å². The number of aldehydes is 1. The fourth-order valence-electron chi connectivity index (χ4n) is 1.27. The Kier molecular flexibility index (Phi) is 10.4. The van der Waals surface area contributed by atoms with Crippen molar-refractivity contribution < 1.29 is 14.4 Å². The largest absolute Gasteiger partial charge is 0.373 e. The van der Waals surface area contributed by atoms with Crippen LogP contribution in [0.25, 0.3) is 0 Å². The molecular weight excluding hydrogens is 196 g/mol. The summed E-state index contributed by atoms with van der Waals surface area (Å²) in [6.07, 6.45) is 6.39. The van der Waals surface area contributed by atoms with E-state index >= 15 is 0 Å². The molecule has 0 amide bonds. The lowest BCUT2D eigenvalue weighted by atomic mass is 10.1. The minimum absolute atomic E-state index is 0.345. The second-order valence-corrected chi connectivity index (χ2v) is 3.38. The van der Waals surface area contributed by atoms with Crippen LogP contribution in [0, 0.1) is 0 Å². The van der Waals surface area contributed by atoms with E-state index in [4.69, 9.17) is 5.90 Å². The number of hydrogen-bond donors (Lipinski definition) is 2. The SMILES string of the molecule is NOC(=O)CCCCCCCNCC=O. The van der Waals surface area contributed by atoms with Crippen molar-refractivity contribution in [2.24, 2.45) is 5.90 Å². The molecule has 15 heavy (non-hydrogen) atoms. The maximum atomic E-state index is 10.6. The summed E-state index contributed by atoms with van der Waals surface area (Å²) in [5.74, 6) is 4.35. The first-order valence-electron chi connectivity index (χ1n) is 5.35. The van der Waals surface area contributed by atoms with E-state index in [-0.39, 0.29) is 5.97 Å². The number of unbranched alkanes of at least 4 members (excludes halogenated alkanes) is 4. The molecule has 0 aromatic carbocycles. The molecule has 0 aliphatic carbocycles. The Bertz CT molecular complexity index is 174. The first kappa shape index (κ1) is 14.1. The number of carbonyl (C=O) groups is 2. The molecule has 0 heterocycles. The molecule has 0 atom stereocenters. The normalized spacial score (nSPS) is 9.93. The highest BCUT2D eigenvalue weighted by Gasteiger charge is 1.99. The number of carbonyl (C=O) groups excluding carboxylic acids is 2. The predicted octanol–water partition coefficient (Wildman–Crippen LogP) is 0.532. The molecule has 0 fully saturated rings. The van der Waals surface area contributed by atoms with Gasteiger partial charge in [-0.3, -0.25) is 4.79 Å².